The number of para-hydroxylation sites is 2. The molecule has 160 valence electrons. The SMILES string of the molecule is Cc1ccc(-c2csc(C(C#N)=CNc3ccccc3OC(F)(F)C(F)Cl)n2)c(C)c1. The Balaban J connectivity index is 1.85. The first kappa shape index (κ1) is 22.7. The molecule has 1 N–H and O–H groups in total. The zero-order chi connectivity index (χ0) is 22.6. The van der Waals surface area contributed by atoms with Crippen LogP contribution in [0.25, 0.3) is 16.8 Å². The van der Waals surface area contributed by atoms with Crippen molar-refractivity contribution in [3.05, 3.63) is 70.2 Å². The molecule has 0 saturated heterocycles. The average molecular weight is 464 g/mol. The van der Waals surface area contributed by atoms with Crippen LogP contribution in [0.3, 0.4) is 0 Å². The number of thiazole rings is 1. The summed E-state index contributed by atoms with van der Waals surface area (Å²) in [5.74, 6) is -0.320. The molecular formula is C22H17ClF3N3OS. The number of aromatic nitrogens is 1. The van der Waals surface area contributed by atoms with Gasteiger partial charge in [0.05, 0.1) is 11.4 Å². The number of benzene rings is 2. The zero-order valence-corrected chi connectivity index (χ0v) is 18.1. The predicted molar refractivity (Wildman–Crippen MR) is 117 cm³/mol. The molecule has 0 bridgehead atoms. The van der Waals surface area contributed by atoms with E-state index in [4.69, 9.17) is 11.6 Å². The molecule has 3 aromatic rings. The van der Waals surface area contributed by atoms with E-state index in [1.807, 2.05) is 43.5 Å². The Morgan fingerprint density at radius 1 is 1.29 bits per heavy atom. The minimum atomic E-state index is -4.21. The van der Waals surface area contributed by atoms with Gasteiger partial charge in [0.25, 0.3) is 5.63 Å². The van der Waals surface area contributed by atoms with E-state index in [1.165, 1.54) is 35.7 Å². The number of nitrogens with one attached hydrogen (secondary N) is 1. The summed E-state index contributed by atoms with van der Waals surface area (Å²) in [6.07, 6.45) is -2.88. The highest BCUT2D eigenvalue weighted by molar-refractivity contribution is 7.11. The fourth-order valence-electron chi connectivity index (χ4n) is 2.78. The van der Waals surface area contributed by atoms with Gasteiger partial charge in [-0.05, 0) is 31.5 Å². The number of halogens is 4. The lowest BCUT2D eigenvalue weighted by molar-refractivity contribution is -0.198. The lowest BCUT2D eigenvalue weighted by atomic mass is 10.0. The van der Waals surface area contributed by atoms with E-state index < -0.39 is 11.7 Å². The van der Waals surface area contributed by atoms with Crippen molar-refractivity contribution in [2.24, 2.45) is 0 Å². The van der Waals surface area contributed by atoms with Crippen molar-refractivity contribution in [3.63, 3.8) is 0 Å². The van der Waals surface area contributed by atoms with E-state index in [-0.39, 0.29) is 17.0 Å². The highest BCUT2D eigenvalue weighted by Crippen LogP contribution is 2.34. The number of hydrogen-bond donors (Lipinski definition) is 1. The van der Waals surface area contributed by atoms with E-state index in [9.17, 15) is 18.4 Å². The van der Waals surface area contributed by atoms with Crippen LogP contribution in [0.4, 0.5) is 18.9 Å². The van der Waals surface area contributed by atoms with E-state index in [2.05, 4.69) is 15.0 Å². The molecule has 0 amide bonds. The molecule has 31 heavy (non-hydrogen) atoms. The number of allylic oxidation sites excluding steroid dienone is 1. The Morgan fingerprint density at radius 3 is 2.71 bits per heavy atom. The van der Waals surface area contributed by atoms with Crippen LogP contribution in [0, 0.1) is 25.2 Å². The standard InChI is InChI=1S/C22H17ClF3N3OS/c1-13-7-8-16(14(2)9-13)18-12-31-20(29-18)15(10-27)11-28-17-5-3-4-6-19(17)30-22(25,26)21(23)24/h3-9,11-12,21,28H,1-2H3. The van der Waals surface area contributed by atoms with Gasteiger partial charge in [0.1, 0.15) is 22.4 Å². The second-order valence-electron chi connectivity index (χ2n) is 6.63. The number of anilines is 1. The smallest absolute Gasteiger partial charge is 0.427 e. The predicted octanol–water partition coefficient (Wildman–Crippen LogP) is 6.91. The number of nitriles is 1. The monoisotopic (exact) mass is 463 g/mol. The number of nitrogens with zero attached hydrogens (tertiary/aromatic N) is 2. The zero-order valence-electron chi connectivity index (χ0n) is 16.5. The van der Waals surface area contributed by atoms with Gasteiger partial charge in [-0.1, -0.05) is 47.5 Å². The molecule has 9 heteroatoms. The molecule has 0 aliphatic carbocycles. The Labute approximate surface area is 186 Å². The Hall–Kier alpha value is -3.02. The van der Waals surface area contributed by atoms with Gasteiger partial charge in [0.2, 0.25) is 0 Å². The summed E-state index contributed by atoms with van der Waals surface area (Å²) in [5.41, 5.74) is 1.19. The molecule has 0 aliphatic heterocycles. The molecule has 0 spiro atoms. The maximum absolute atomic E-state index is 13.5. The van der Waals surface area contributed by atoms with E-state index in [1.54, 1.807) is 6.07 Å². The molecule has 1 atom stereocenters. The van der Waals surface area contributed by atoms with E-state index in [0.717, 1.165) is 22.4 Å². The van der Waals surface area contributed by atoms with Crippen molar-refractivity contribution in [1.29, 1.82) is 5.26 Å². The molecule has 3 rings (SSSR count). The number of alkyl halides is 4. The maximum Gasteiger partial charge on any atom is 0.444 e. The molecule has 1 aromatic heterocycles. The summed E-state index contributed by atoms with van der Waals surface area (Å²) in [6, 6.07) is 13.7. The molecule has 0 saturated carbocycles. The first-order chi connectivity index (χ1) is 14.7. The Morgan fingerprint density at radius 2 is 2.03 bits per heavy atom. The summed E-state index contributed by atoms with van der Waals surface area (Å²) in [7, 11) is 0. The first-order valence-electron chi connectivity index (χ1n) is 9.05. The van der Waals surface area contributed by atoms with Gasteiger partial charge in [-0.3, -0.25) is 0 Å². The third kappa shape index (κ3) is 5.37. The van der Waals surface area contributed by atoms with Crippen LogP contribution in [0.5, 0.6) is 5.75 Å². The Bertz CT molecular complexity index is 1150. The van der Waals surface area contributed by atoms with Crippen LogP contribution in [0.15, 0.2) is 54.0 Å². The van der Waals surface area contributed by atoms with Gasteiger partial charge < -0.3 is 10.1 Å². The molecule has 0 radical (unpaired) electrons. The minimum Gasteiger partial charge on any atom is -0.427 e. The van der Waals surface area contributed by atoms with Crippen LogP contribution in [0.1, 0.15) is 16.1 Å². The largest absolute Gasteiger partial charge is 0.444 e. The summed E-state index contributed by atoms with van der Waals surface area (Å²) < 4.78 is 44.4. The molecular weight excluding hydrogens is 447 g/mol. The van der Waals surface area contributed by atoms with Gasteiger partial charge in [-0.15, -0.1) is 11.3 Å². The van der Waals surface area contributed by atoms with Crippen molar-refractivity contribution in [2.45, 2.75) is 25.6 Å². The third-order valence-corrected chi connectivity index (χ3v) is 5.40. The highest BCUT2D eigenvalue weighted by atomic mass is 35.5. The number of aryl methyl sites for hydroxylation is 2. The van der Waals surface area contributed by atoms with Gasteiger partial charge >= 0.3 is 6.11 Å². The summed E-state index contributed by atoms with van der Waals surface area (Å²) in [6.45, 7) is 3.99. The van der Waals surface area contributed by atoms with E-state index >= 15 is 0 Å². The molecule has 2 aromatic carbocycles. The summed E-state index contributed by atoms with van der Waals surface area (Å²) >= 11 is 6.13. The van der Waals surface area contributed by atoms with Crippen LogP contribution < -0.4 is 10.1 Å². The molecule has 4 nitrogen and oxygen atoms in total. The first-order valence-corrected chi connectivity index (χ1v) is 10.4. The van der Waals surface area contributed by atoms with Gasteiger partial charge in [-0.25, -0.2) is 9.37 Å². The van der Waals surface area contributed by atoms with Crippen LogP contribution in [0.2, 0.25) is 0 Å². The van der Waals surface area contributed by atoms with Gasteiger partial charge in [0, 0.05) is 17.1 Å². The number of ether oxygens (including phenoxy) is 1. The van der Waals surface area contributed by atoms with Crippen molar-refractivity contribution in [3.8, 4) is 23.1 Å². The molecule has 0 fully saturated rings. The quantitative estimate of drug-likeness (QED) is 0.305. The lowest BCUT2D eigenvalue weighted by Crippen LogP contribution is -2.33. The number of hydrogen-bond acceptors (Lipinski definition) is 5. The van der Waals surface area contributed by atoms with Crippen LogP contribution in [-0.2, 0) is 0 Å². The fraction of sp³-hybridized carbons (Fsp3) is 0.182. The average Bonchev–Trinajstić information content (AvgIpc) is 3.19. The third-order valence-electron chi connectivity index (χ3n) is 4.27. The van der Waals surface area contributed by atoms with Crippen molar-refractivity contribution in [2.75, 3.05) is 5.32 Å². The van der Waals surface area contributed by atoms with Gasteiger partial charge in [-0.2, -0.15) is 14.0 Å². The topological polar surface area (TPSA) is 57.9 Å². The molecule has 0 aliphatic rings. The minimum absolute atomic E-state index is 0.110. The second-order valence-corrected chi connectivity index (χ2v) is 7.87. The van der Waals surface area contributed by atoms with Crippen LogP contribution in [-0.4, -0.2) is 16.7 Å². The maximum atomic E-state index is 13.5. The van der Waals surface area contributed by atoms with Crippen molar-refractivity contribution in [1.82, 2.24) is 4.98 Å². The lowest BCUT2D eigenvalue weighted by Gasteiger charge is -2.19. The summed E-state index contributed by atoms with van der Waals surface area (Å²) in [4.78, 5) is 4.53. The molecule has 1 unspecified atom stereocenters. The second kappa shape index (κ2) is 9.41. The van der Waals surface area contributed by atoms with Crippen molar-refractivity contribution < 1.29 is 17.9 Å². The van der Waals surface area contributed by atoms with Crippen LogP contribution >= 0.6 is 22.9 Å². The number of rotatable bonds is 7. The normalized spacial score (nSPS) is 12.9. The van der Waals surface area contributed by atoms with E-state index in [0.29, 0.717) is 5.01 Å². The van der Waals surface area contributed by atoms with Gasteiger partial charge in [0.15, 0.2) is 0 Å². The Kier molecular flexibility index (Phi) is 6.88. The fourth-order valence-corrected chi connectivity index (χ4v) is 3.61. The highest BCUT2D eigenvalue weighted by Gasteiger charge is 2.42. The van der Waals surface area contributed by atoms with Crippen molar-refractivity contribution >= 4 is 34.2 Å². The summed E-state index contributed by atoms with van der Waals surface area (Å²) in [5, 5.41) is 14.6. The molecule has 1 heterocycles.